The summed E-state index contributed by atoms with van der Waals surface area (Å²) in [7, 11) is 0. The van der Waals surface area contributed by atoms with E-state index in [0.717, 1.165) is 16.7 Å². The van der Waals surface area contributed by atoms with Gasteiger partial charge >= 0.3 is 6.18 Å². The topological polar surface area (TPSA) is 126 Å². The van der Waals surface area contributed by atoms with Gasteiger partial charge in [-0.05, 0) is 53.0 Å². The number of thiophene rings is 1. The van der Waals surface area contributed by atoms with Gasteiger partial charge in [0.05, 0.1) is 6.04 Å². The second-order valence-electron chi connectivity index (χ2n) is 9.47. The van der Waals surface area contributed by atoms with Crippen LogP contribution in [-0.4, -0.2) is 37.0 Å². The fourth-order valence-corrected chi connectivity index (χ4v) is 5.26. The SMILES string of the molecule is CC(C)c1cc(CNC(=O)c2cc(C(=O)N[C@H]3CCc4cc(-c5n[nH]c(C(F)(F)F)n5)ccc43)ncn2)cs1. The van der Waals surface area contributed by atoms with E-state index in [0.29, 0.717) is 30.9 Å². The highest BCUT2D eigenvalue weighted by Gasteiger charge is 2.35. The van der Waals surface area contributed by atoms with Crippen LogP contribution in [0.1, 0.15) is 80.6 Å². The largest absolute Gasteiger partial charge is 0.451 e. The Bertz CT molecular complexity index is 1530. The molecule has 0 unspecified atom stereocenters. The van der Waals surface area contributed by atoms with Crippen LogP contribution in [0.25, 0.3) is 11.4 Å². The average molecular weight is 556 g/mol. The van der Waals surface area contributed by atoms with Crippen molar-refractivity contribution in [3.05, 3.63) is 80.8 Å². The summed E-state index contributed by atoms with van der Waals surface area (Å²) < 4.78 is 38.5. The van der Waals surface area contributed by atoms with Crippen LogP contribution in [0.15, 0.2) is 42.0 Å². The maximum atomic E-state index is 13.0. The molecular weight excluding hydrogens is 531 g/mol. The number of benzene rings is 1. The summed E-state index contributed by atoms with van der Waals surface area (Å²) in [6, 6.07) is 8.19. The fraction of sp³-hybridized carbons (Fsp3) is 0.308. The number of nitrogens with one attached hydrogen (secondary N) is 3. The van der Waals surface area contributed by atoms with Gasteiger partial charge in [-0.1, -0.05) is 26.0 Å². The van der Waals surface area contributed by atoms with Crippen LogP contribution < -0.4 is 10.6 Å². The van der Waals surface area contributed by atoms with Crippen LogP contribution in [0.3, 0.4) is 0 Å². The van der Waals surface area contributed by atoms with Gasteiger partial charge in [0.25, 0.3) is 11.8 Å². The molecule has 0 fully saturated rings. The Morgan fingerprint density at radius 1 is 1.13 bits per heavy atom. The van der Waals surface area contributed by atoms with Crippen molar-refractivity contribution >= 4 is 23.2 Å². The number of aromatic amines is 1. The minimum Gasteiger partial charge on any atom is -0.347 e. The Hall–Kier alpha value is -4.13. The van der Waals surface area contributed by atoms with Gasteiger partial charge < -0.3 is 10.6 Å². The van der Waals surface area contributed by atoms with E-state index in [9.17, 15) is 22.8 Å². The molecule has 5 rings (SSSR count). The number of halogens is 3. The summed E-state index contributed by atoms with van der Waals surface area (Å²) in [5, 5.41) is 13.3. The minimum atomic E-state index is -4.61. The number of amides is 2. The molecule has 3 heterocycles. The number of hydrogen-bond donors (Lipinski definition) is 3. The van der Waals surface area contributed by atoms with Crippen molar-refractivity contribution in [2.75, 3.05) is 0 Å². The number of aromatic nitrogens is 5. The Morgan fingerprint density at radius 3 is 2.59 bits per heavy atom. The van der Waals surface area contributed by atoms with Gasteiger partial charge in [0.1, 0.15) is 17.7 Å². The lowest BCUT2D eigenvalue weighted by Crippen LogP contribution is -2.29. The lowest BCUT2D eigenvalue weighted by Gasteiger charge is -2.14. The Morgan fingerprint density at radius 2 is 1.90 bits per heavy atom. The first kappa shape index (κ1) is 26.5. The van der Waals surface area contributed by atoms with Gasteiger partial charge in [-0.2, -0.15) is 18.3 Å². The van der Waals surface area contributed by atoms with Crippen LogP contribution in [0, 0.1) is 0 Å². The summed E-state index contributed by atoms with van der Waals surface area (Å²) in [5.74, 6) is -1.67. The van der Waals surface area contributed by atoms with Gasteiger partial charge in [0, 0.05) is 23.1 Å². The minimum absolute atomic E-state index is 0.0521. The molecule has 0 radical (unpaired) electrons. The highest BCUT2D eigenvalue weighted by molar-refractivity contribution is 7.10. The van der Waals surface area contributed by atoms with Crippen molar-refractivity contribution in [1.82, 2.24) is 35.8 Å². The summed E-state index contributed by atoms with van der Waals surface area (Å²) in [4.78, 5) is 38.4. The zero-order valence-corrected chi connectivity index (χ0v) is 21.8. The molecule has 0 bridgehead atoms. The summed E-state index contributed by atoms with van der Waals surface area (Å²) in [6.45, 7) is 4.56. The molecule has 1 aliphatic rings. The number of nitrogens with zero attached hydrogens (tertiary/aromatic N) is 4. The van der Waals surface area contributed by atoms with E-state index in [2.05, 4.69) is 50.6 Å². The molecule has 0 aliphatic heterocycles. The maximum Gasteiger partial charge on any atom is 0.451 e. The lowest BCUT2D eigenvalue weighted by atomic mass is 10.0. The molecule has 9 nitrogen and oxygen atoms in total. The van der Waals surface area contributed by atoms with Crippen LogP contribution >= 0.6 is 11.3 Å². The normalized spacial score (nSPS) is 14.9. The van der Waals surface area contributed by atoms with E-state index in [1.165, 1.54) is 17.3 Å². The summed E-state index contributed by atoms with van der Waals surface area (Å²) >= 11 is 1.64. The van der Waals surface area contributed by atoms with Gasteiger partial charge in [0.2, 0.25) is 5.82 Å². The summed E-state index contributed by atoms with van der Waals surface area (Å²) in [6.07, 6.45) is -2.22. The number of carbonyl (C=O) groups is 2. The van der Waals surface area contributed by atoms with E-state index >= 15 is 0 Å². The van der Waals surface area contributed by atoms with Crippen molar-refractivity contribution in [3.8, 4) is 11.4 Å². The Balaban J connectivity index is 1.23. The lowest BCUT2D eigenvalue weighted by molar-refractivity contribution is -0.144. The first-order valence-corrected chi connectivity index (χ1v) is 13.1. The van der Waals surface area contributed by atoms with Gasteiger partial charge in [-0.15, -0.1) is 11.3 Å². The molecule has 0 spiro atoms. The average Bonchev–Trinajstić information content (AvgIpc) is 3.67. The zero-order chi connectivity index (χ0) is 27.7. The summed E-state index contributed by atoms with van der Waals surface area (Å²) in [5.41, 5.74) is 3.31. The van der Waals surface area contributed by atoms with Gasteiger partial charge in [-0.3, -0.25) is 14.7 Å². The Kier molecular flexibility index (Phi) is 7.17. The zero-order valence-electron chi connectivity index (χ0n) is 21.0. The third-order valence-electron chi connectivity index (χ3n) is 6.37. The third kappa shape index (κ3) is 5.82. The molecule has 13 heteroatoms. The van der Waals surface area contributed by atoms with Gasteiger partial charge in [-0.25, -0.2) is 15.0 Å². The van der Waals surface area contributed by atoms with Gasteiger partial charge in [0.15, 0.2) is 5.82 Å². The predicted octanol–water partition coefficient (Wildman–Crippen LogP) is 4.81. The quantitative estimate of drug-likeness (QED) is 0.301. The number of carbonyl (C=O) groups excluding carboxylic acids is 2. The van der Waals surface area contributed by atoms with Crippen molar-refractivity contribution < 1.29 is 22.8 Å². The van der Waals surface area contributed by atoms with E-state index < -0.39 is 23.8 Å². The second-order valence-corrected chi connectivity index (χ2v) is 10.4. The third-order valence-corrected chi connectivity index (χ3v) is 7.65. The predicted molar refractivity (Wildman–Crippen MR) is 137 cm³/mol. The van der Waals surface area contributed by atoms with Crippen LogP contribution in [0.5, 0.6) is 0 Å². The van der Waals surface area contributed by atoms with E-state index in [-0.39, 0.29) is 23.3 Å². The van der Waals surface area contributed by atoms with Crippen molar-refractivity contribution in [3.63, 3.8) is 0 Å². The van der Waals surface area contributed by atoms with E-state index in [1.54, 1.807) is 29.5 Å². The first-order chi connectivity index (χ1) is 18.6. The molecule has 0 saturated carbocycles. The molecule has 3 aromatic heterocycles. The fourth-order valence-electron chi connectivity index (χ4n) is 4.32. The molecule has 39 heavy (non-hydrogen) atoms. The number of fused-ring (bicyclic) bond motifs is 1. The van der Waals surface area contributed by atoms with Crippen molar-refractivity contribution in [2.45, 2.75) is 51.4 Å². The molecule has 4 aromatic rings. The molecule has 202 valence electrons. The second kappa shape index (κ2) is 10.6. The van der Waals surface area contributed by atoms with Crippen LogP contribution in [0.4, 0.5) is 13.2 Å². The molecule has 3 N–H and O–H groups in total. The Labute approximate surface area is 225 Å². The van der Waals surface area contributed by atoms with E-state index in [1.807, 2.05) is 10.5 Å². The highest BCUT2D eigenvalue weighted by Crippen LogP contribution is 2.34. The number of aryl methyl sites for hydroxylation is 1. The molecular formula is C26H24F3N7O2S. The first-order valence-electron chi connectivity index (χ1n) is 12.2. The van der Waals surface area contributed by atoms with Crippen LogP contribution in [-0.2, 0) is 19.1 Å². The molecule has 0 saturated heterocycles. The number of rotatable bonds is 7. The van der Waals surface area contributed by atoms with Crippen molar-refractivity contribution in [1.29, 1.82) is 0 Å². The number of alkyl halides is 3. The highest BCUT2D eigenvalue weighted by atomic mass is 32.1. The van der Waals surface area contributed by atoms with E-state index in [4.69, 9.17) is 0 Å². The smallest absolute Gasteiger partial charge is 0.347 e. The molecule has 2 amide bonds. The standard InChI is InChI=1S/C26H24F3N7O2S/c1-13(2)21-7-14(11-39-21)10-30-23(37)19-9-20(32-12-31-19)24(38)33-18-6-4-15-8-16(3-5-17(15)18)22-34-25(36-35-22)26(27,28)29/h3,5,7-9,11-13,18H,4,6,10H2,1-2H3,(H,30,37)(H,33,38)(H,34,35,36)/t18-/m0/s1. The number of hydrogen-bond acceptors (Lipinski definition) is 7. The molecule has 1 aromatic carbocycles. The molecule has 1 atom stereocenters. The monoisotopic (exact) mass is 555 g/mol. The maximum absolute atomic E-state index is 13.0. The van der Waals surface area contributed by atoms with Crippen LogP contribution in [0.2, 0.25) is 0 Å². The molecule has 1 aliphatic carbocycles. The van der Waals surface area contributed by atoms with Crippen molar-refractivity contribution in [2.24, 2.45) is 0 Å². The number of H-pyrrole nitrogens is 1.